The van der Waals surface area contributed by atoms with Crippen LogP contribution in [0.2, 0.25) is 0 Å². The van der Waals surface area contributed by atoms with Gasteiger partial charge in [0, 0.05) is 12.5 Å². The van der Waals surface area contributed by atoms with Gasteiger partial charge < -0.3 is 0 Å². The summed E-state index contributed by atoms with van der Waals surface area (Å²) in [5, 5.41) is 0.216. The monoisotopic (exact) mass is 357 g/mol. The number of rotatable bonds is 5. The summed E-state index contributed by atoms with van der Waals surface area (Å²) in [6, 6.07) is 9.26. The van der Waals surface area contributed by atoms with E-state index in [0.717, 1.165) is 4.68 Å². The number of hydrogen-bond donors (Lipinski definition) is 1. The minimum Gasteiger partial charge on any atom is -0.273 e. The highest BCUT2D eigenvalue weighted by molar-refractivity contribution is 5.86. The van der Waals surface area contributed by atoms with E-state index in [4.69, 9.17) is 0 Å². The molecule has 0 bridgehead atoms. The lowest BCUT2D eigenvalue weighted by Crippen LogP contribution is -2.37. The highest BCUT2D eigenvalue weighted by Gasteiger charge is 2.14. The fraction of sp³-hybridized carbons (Fsp3) is 0.211. The van der Waals surface area contributed by atoms with E-state index in [1.165, 1.54) is 42.5 Å². The molecule has 5 nitrogen and oxygen atoms in total. The molecule has 0 saturated heterocycles. The van der Waals surface area contributed by atoms with E-state index in [9.17, 15) is 18.4 Å². The molecule has 0 aliphatic heterocycles. The van der Waals surface area contributed by atoms with Crippen LogP contribution in [0.25, 0.3) is 10.9 Å². The Morgan fingerprint density at radius 1 is 1.12 bits per heavy atom. The van der Waals surface area contributed by atoms with Crippen molar-refractivity contribution in [2.24, 2.45) is 0 Å². The van der Waals surface area contributed by atoms with Crippen LogP contribution in [0.1, 0.15) is 24.7 Å². The third kappa shape index (κ3) is 3.77. The molecule has 0 radical (unpaired) electrons. The molecule has 1 heterocycles. The second-order valence-corrected chi connectivity index (χ2v) is 5.92. The lowest BCUT2D eigenvalue weighted by Gasteiger charge is -2.14. The van der Waals surface area contributed by atoms with Gasteiger partial charge in [-0.1, -0.05) is 19.1 Å². The zero-order valence-electron chi connectivity index (χ0n) is 14.1. The predicted octanol–water partition coefficient (Wildman–Crippen LogP) is 2.94. The van der Waals surface area contributed by atoms with Crippen LogP contribution in [0.3, 0.4) is 0 Å². The van der Waals surface area contributed by atoms with E-state index in [1.54, 1.807) is 0 Å². The molecule has 0 fully saturated rings. The van der Waals surface area contributed by atoms with Gasteiger partial charge in [-0.3, -0.25) is 15.0 Å². The maximum Gasteiger partial charge on any atom is 0.280 e. The van der Waals surface area contributed by atoms with Gasteiger partial charge >= 0.3 is 0 Å². The van der Waals surface area contributed by atoms with Crippen LogP contribution in [-0.4, -0.2) is 15.6 Å². The fourth-order valence-electron chi connectivity index (χ4n) is 2.66. The van der Waals surface area contributed by atoms with Crippen molar-refractivity contribution in [2.45, 2.75) is 26.2 Å². The molecule has 0 atom stereocenters. The summed E-state index contributed by atoms with van der Waals surface area (Å²) in [4.78, 5) is 29.3. The molecule has 0 spiro atoms. The van der Waals surface area contributed by atoms with Crippen molar-refractivity contribution < 1.29 is 13.6 Å². The molecule has 0 aliphatic carbocycles. The van der Waals surface area contributed by atoms with Gasteiger partial charge in [0.25, 0.3) is 5.56 Å². The first-order valence-corrected chi connectivity index (χ1v) is 8.23. The number of nitrogens with one attached hydrogen (secondary N) is 1. The molecule has 7 heteroatoms. The van der Waals surface area contributed by atoms with Gasteiger partial charge in [-0.05, 0) is 36.2 Å². The summed E-state index contributed by atoms with van der Waals surface area (Å²) in [5.74, 6) is -0.950. The van der Waals surface area contributed by atoms with Crippen molar-refractivity contribution in [3.63, 3.8) is 0 Å². The second kappa shape index (κ2) is 7.43. The number of hydrogen-bond acceptors (Lipinski definition) is 3. The third-order valence-corrected chi connectivity index (χ3v) is 3.89. The molecule has 26 heavy (non-hydrogen) atoms. The maximum atomic E-state index is 13.4. The molecule has 1 aromatic heterocycles. The van der Waals surface area contributed by atoms with Crippen LogP contribution in [0, 0.1) is 11.6 Å². The summed E-state index contributed by atoms with van der Waals surface area (Å²) in [6.45, 7) is 1.91. The van der Waals surface area contributed by atoms with E-state index >= 15 is 0 Å². The van der Waals surface area contributed by atoms with Crippen LogP contribution in [0.5, 0.6) is 0 Å². The summed E-state index contributed by atoms with van der Waals surface area (Å²) < 4.78 is 27.5. The van der Waals surface area contributed by atoms with Gasteiger partial charge in [0.1, 0.15) is 17.5 Å². The molecule has 0 saturated carbocycles. The van der Waals surface area contributed by atoms with Crippen molar-refractivity contribution in [1.82, 2.24) is 9.66 Å². The number of fused-ring (bicyclic) bond motifs is 1. The maximum absolute atomic E-state index is 13.4. The van der Waals surface area contributed by atoms with Crippen LogP contribution in [0.15, 0.2) is 47.3 Å². The average Bonchev–Trinajstić information content (AvgIpc) is 2.60. The SMILES string of the molecule is CCCc1nc2cc(F)ccc2c(=O)n1NC(=O)Cc1ccc(F)cc1. The lowest BCUT2D eigenvalue weighted by molar-refractivity contribution is -0.116. The van der Waals surface area contributed by atoms with E-state index in [2.05, 4.69) is 10.4 Å². The molecule has 1 N–H and O–H groups in total. The highest BCUT2D eigenvalue weighted by atomic mass is 19.1. The topological polar surface area (TPSA) is 64.0 Å². The number of nitrogens with zero attached hydrogens (tertiary/aromatic N) is 2. The van der Waals surface area contributed by atoms with Gasteiger partial charge in [-0.2, -0.15) is 0 Å². The number of benzene rings is 2. The van der Waals surface area contributed by atoms with Crippen molar-refractivity contribution in [1.29, 1.82) is 0 Å². The van der Waals surface area contributed by atoms with E-state index in [1.807, 2.05) is 6.92 Å². The van der Waals surface area contributed by atoms with E-state index in [-0.39, 0.29) is 23.1 Å². The molecule has 134 valence electrons. The van der Waals surface area contributed by atoms with Crippen LogP contribution in [0.4, 0.5) is 8.78 Å². The smallest absolute Gasteiger partial charge is 0.273 e. The normalized spacial score (nSPS) is 10.9. The van der Waals surface area contributed by atoms with Gasteiger partial charge in [0.2, 0.25) is 5.91 Å². The quantitative estimate of drug-likeness (QED) is 0.764. The molecule has 0 unspecified atom stereocenters. The summed E-state index contributed by atoms with van der Waals surface area (Å²) >= 11 is 0. The number of halogens is 2. The Morgan fingerprint density at radius 3 is 2.50 bits per heavy atom. The summed E-state index contributed by atoms with van der Waals surface area (Å²) in [5.41, 5.74) is 2.95. The van der Waals surface area contributed by atoms with Gasteiger partial charge in [-0.15, -0.1) is 0 Å². The first-order chi connectivity index (χ1) is 12.5. The Bertz CT molecular complexity index is 1010. The first kappa shape index (κ1) is 17.7. The predicted molar refractivity (Wildman–Crippen MR) is 94.4 cm³/mol. The van der Waals surface area contributed by atoms with Crippen molar-refractivity contribution in [3.05, 3.63) is 75.8 Å². The highest BCUT2D eigenvalue weighted by Crippen LogP contribution is 2.11. The van der Waals surface area contributed by atoms with Crippen LogP contribution < -0.4 is 11.0 Å². The Kier molecular flexibility index (Phi) is 5.06. The van der Waals surface area contributed by atoms with Gasteiger partial charge in [0.15, 0.2) is 0 Å². The Hall–Kier alpha value is -3.09. The molecule has 2 aromatic carbocycles. The summed E-state index contributed by atoms with van der Waals surface area (Å²) in [6.07, 6.45) is 1.12. The Morgan fingerprint density at radius 2 is 1.81 bits per heavy atom. The summed E-state index contributed by atoms with van der Waals surface area (Å²) in [7, 11) is 0. The molecule has 3 rings (SSSR count). The molecule has 0 aliphatic rings. The zero-order chi connectivity index (χ0) is 18.7. The third-order valence-electron chi connectivity index (χ3n) is 3.89. The lowest BCUT2D eigenvalue weighted by atomic mass is 10.1. The largest absolute Gasteiger partial charge is 0.280 e. The number of amides is 1. The second-order valence-electron chi connectivity index (χ2n) is 5.92. The average molecular weight is 357 g/mol. The molecular formula is C19H17F2N3O2. The van der Waals surface area contributed by atoms with E-state index < -0.39 is 17.3 Å². The number of aryl methyl sites for hydroxylation is 1. The Balaban J connectivity index is 1.94. The zero-order valence-corrected chi connectivity index (χ0v) is 14.1. The molecule has 3 aromatic rings. The number of carbonyl (C=O) groups is 1. The van der Waals surface area contributed by atoms with Crippen molar-refractivity contribution >= 4 is 16.8 Å². The van der Waals surface area contributed by atoms with Crippen LogP contribution >= 0.6 is 0 Å². The van der Waals surface area contributed by atoms with Crippen LogP contribution in [-0.2, 0) is 17.6 Å². The van der Waals surface area contributed by atoms with Crippen molar-refractivity contribution in [3.8, 4) is 0 Å². The van der Waals surface area contributed by atoms with Gasteiger partial charge in [-0.25, -0.2) is 18.4 Å². The van der Waals surface area contributed by atoms with Crippen molar-refractivity contribution in [2.75, 3.05) is 5.43 Å². The standard InChI is InChI=1S/C19H17F2N3O2/c1-2-3-17-22-16-11-14(21)8-9-15(16)19(26)24(17)23-18(25)10-12-4-6-13(20)7-5-12/h4-9,11H,2-3,10H2,1H3,(H,23,25). The molecule has 1 amide bonds. The number of aromatic nitrogens is 2. The van der Waals surface area contributed by atoms with E-state index in [0.29, 0.717) is 24.2 Å². The van der Waals surface area contributed by atoms with Gasteiger partial charge in [0.05, 0.1) is 17.3 Å². The fourth-order valence-corrected chi connectivity index (χ4v) is 2.66. The number of carbonyl (C=O) groups excluding carboxylic acids is 1. The first-order valence-electron chi connectivity index (χ1n) is 8.23. The Labute approximate surface area is 148 Å². The minimum absolute atomic E-state index is 0.0141. The molecular weight excluding hydrogens is 340 g/mol. The minimum atomic E-state index is -0.482.